The van der Waals surface area contributed by atoms with Crippen LogP contribution in [0.5, 0.6) is 0 Å². The molecule has 0 spiro atoms. The van der Waals surface area contributed by atoms with Crippen LogP contribution >= 0.6 is 11.3 Å². The van der Waals surface area contributed by atoms with E-state index in [1.165, 1.54) is 29.0 Å². The van der Waals surface area contributed by atoms with Crippen LogP contribution in [0.1, 0.15) is 41.9 Å². The molecule has 19 heavy (non-hydrogen) atoms. The number of hydrogen-bond acceptors (Lipinski definition) is 3. The van der Waals surface area contributed by atoms with Crippen LogP contribution in [0.3, 0.4) is 0 Å². The van der Waals surface area contributed by atoms with Crippen molar-refractivity contribution in [1.29, 1.82) is 0 Å². The Morgan fingerprint density at radius 2 is 2.05 bits per heavy atom. The van der Waals surface area contributed by atoms with Gasteiger partial charge in [0.15, 0.2) is 0 Å². The van der Waals surface area contributed by atoms with Crippen molar-refractivity contribution >= 4 is 11.3 Å². The van der Waals surface area contributed by atoms with Crippen LogP contribution in [0.15, 0.2) is 35.8 Å². The van der Waals surface area contributed by atoms with E-state index < -0.39 is 0 Å². The molecule has 1 aromatic carbocycles. The molecule has 0 saturated heterocycles. The van der Waals surface area contributed by atoms with E-state index in [0.29, 0.717) is 6.04 Å². The Morgan fingerprint density at radius 3 is 2.68 bits per heavy atom. The molecule has 2 rings (SSSR count). The molecule has 0 fully saturated rings. The number of benzene rings is 1. The Balaban J connectivity index is 1.89. The molecule has 1 aromatic heterocycles. The topological polar surface area (TPSA) is 24.9 Å². The Bertz CT molecular complexity index is 479. The van der Waals surface area contributed by atoms with Gasteiger partial charge in [0.1, 0.15) is 0 Å². The largest absolute Gasteiger partial charge is 0.309 e. The molecular formula is C16H22N2S. The predicted molar refractivity (Wildman–Crippen MR) is 82.6 cm³/mol. The van der Waals surface area contributed by atoms with E-state index in [9.17, 15) is 0 Å². The van der Waals surface area contributed by atoms with E-state index in [4.69, 9.17) is 0 Å². The summed E-state index contributed by atoms with van der Waals surface area (Å²) in [6.45, 7) is 5.28. The number of nitrogens with zero attached hydrogens (tertiary/aromatic N) is 1. The average Bonchev–Trinajstić information content (AvgIpc) is 2.85. The number of thiazole rings is 1. The van der Waals surface area contributed by atoms with Crippen molar-refractivity contribution in [2.24, 2.45) is 0 Å². The highest BCUT2D eigenvalue weighted by Crippen LogP contribution is 2.26. The summed E-state index contributed by atoms with van der Waals surface area (Å²) in [7, 11) is 0. The van der Waals surface area contributed by atoms with Crippen LogP contribution in [-0.2, 0) is 6.42 Å². The molecule has 0 radical (unpaired) electrons. The molecule has 2 nitrogen and oxygen atoms in total. The molecule has 0 saturated carbocycles. The quantitative estimate of drug-likeness (QED) is 0.821. The molecule has 0 aliphatic rings. The molecule has 1 unspecified atom stereocenters. The summed E-state index contributed by atoms with van der Waals surface area (Å²) in [5.74, 6) is 0. The van der Waals surface area contributed by atoms with Crippen molar-refractivity contribution in [2.45, 2.75) is 39.2 Å². The molecular weight excluding hydrogens is 252 g/mol. The van der Waals surface area contributed by atoms with Crippen molar-refractivity contribution in [1.82, 2.24) is 10.3 Å². The number of hydrogen-bond donors (Lipinski definition) is 1. The second-order valence-electron chi connectivity index (χ2n) is 4.79. The predicted octanol–water partition coefficient (Wildman–Crippen LogP) is 4.13. The van der Waals surface area contributed by atoms with Crippen molar-refractivity contribution in [2.75, 3.05) is 6.54 Å². The van der Waals surface area contributed by atoms with Crippen LogP contribution in [0.4, 0.5) is 0 Å². The first kappa shape index (κ1) is 14.2. The monoisotopic (exact) mass is 274 g/mol. The maximum absolute atomic E-state index is 4.36. The van der Waals surface area contributed by atoms with Crippen LogP contribution in [0.2, 0.25) is 0 Å². The van der Waals surface area contributed by atoms with E-state index in [1.807, 2.05) is 5.51 Å². The first-order valence-electron chi connectivity index (χ1n) is 6.98. The molecule has 0 amide bonds. The first-order valence-corrected chi connectivity index (χ1v) is 7.86. The number of rotatable bonds is 7. The van der Waals surface area contributed by atoms with Gasteiger partial charge in [-0.2, -0.15) is 0 Å². The summed E-state index contributed by atoms with van der Waals surface area (Å²) >= 11 is 1.77. The van der Waals surface area contributed by atoms with E-state index in [0.717, 1.165) is 13.0 Å². The van der Waals surface area contributed by atoms with E-state index in [2.05, 4.69) is 54.5 Å². The van der Waals surface area contributed by atoms with Crippen LogP contribution in [-0.4, -0.2) is 11.5 Å². The normalized spacial score (nSPS) is 12.5. The van der Waals surface area contributed by atoms with Crippen LogP contribution in [0, 0.1) is 6.92 Å². The summed E-state index contributed by atoms with van der Waals surface area (Å²) in [5, 5.41) is 3.58. The third-order valence-corrected chi connectivity index (χ3v) is 4.40. The Morgan fingerprint density at radius 1 is 1.26 bits per heavy atom. The molecule has 102 valence electrons. The highest BCUT2D eigenvalue weighted by molar-refractivity contribution is 7.09. The lowest BCUT2D eigenvalue weighted by Gasteiger charge is -2.17. The zero-order valence-corrected chi connectivity index (χ0v) is 12.5. The fourth-order valence-corrected chi connectivity index (χ4v) is 3.29. The van der Waals surface area contributed by atoms with Gasteiger partial charge in [0.25, 0.3) is 0 Å². The summed E-state index contributed by atoms with van der Waals surface area (Å²) in [6.07, 6.45) is 3.53. The maximum atomic E-state index is 4.36. The van der Waals surface area contributed by atoms with Crippen LogP contribution in [0.25, 0.3) is 0 Å². The average molecular weight is 274 g/mol. The van der Waals surface area contributed by atoms with Gasteiger partial charge in [-0.05, 0) is 38.3 Å². The number of aromatic nitrogens is 1. The molecule has 1 heterocycles. The van der Waals surface area contributed by atoms with Gasteiger partial charge < -0.3 is 5.32 Å². The van der Waals surface area contributed by atoms with Gasteiger partial charge in [0.2, 0.25) is 0 Å². The smallest absolute Gasteiger partial charge is 0.0798 e. The Kier molecular flexibility index (Phi) is 5.55. The lowest BCUT2D eigenvalue weighted by atomic mass is 10.0. The molecule has 0 aliphatic heterocycles. The second-order valence-corrected chi connectivity index (χ2v) is 5.68. The van der Waals surface area contributed by atoms with Crippen molar-refractivity contribution in [3.63, 3.8) is 0 Å². The van der Waals surface area contributed by atoms with Gasteiger partial charge in [0, 0.05) is 10.9 Å². The Labute approximate surface area is 119 Å². The lowest BCUT2D eigenvalue weighted by Crippen LogP contribution is -2.20. The molecule has 1 atom stereocenters. The van der Waals surface area contributed by atoms with Gasteiger partial charge in [-0.15, -0.1) is 11.3 Å². The minimum absolute atomic E-state index is 0.459. The summed E-state index contributed by atoms with van der Waals surface area (Å²) in [4.78, 5) is 5.76. The van der Waals surface area contributed by atoms with E-state index in [1.54, 1.807) is 11.3 Å². The summed E-state index contributed by atoms with van der Waals surface area (Å²) in [5.41, 5.74) is 4.56. The number of aryl methyl sites for hydroxylation is 2. The van der Waals surface area contributed by atoms with Gasteiger partial charge in [0.05, 0.1) is 11.2 Å². The molecule has 2 aromatic rings. The third-order valence-electron chi connectivity index (χ3n) is 3.35. The highest BCUT2D eigenvalue weighted by Gasteiger charge is 2.14. The molecule has 3 heteroatoms. The first-order chi connectivity index (χ1) is 9.31. The van der Waals surface area contributed by atoms with E-state index in [-0.39, 0.29) is 0 Å². The van der Waals surface area contributed by atoms with Gasteiger partial charge in [-0.25, -0.2) is 4.98 Å². The minimum Gasteiger partial charge on any atom is -0.309 e. The molecule has 1 N–H and O–H groups in total. The van der Waals surface area contributed by atoms with Crippen molar-refractivity contribution < 1.29 is 0 Å². The summed E-state index contributed by atoms with van der Waals surface area (Å²) in [6, 6.07) is 11.2. The van der Waals surface area contributed by atoms with Gasteiger partial charge in [-0.3, -0.25) is 0 Å². The fraction of sp³-hybridized carbons (Fsp3) is 0.438. The van der Waals surface area contributed by atoms with Crippen LogP contribution < -0.4 is 5.32 Å². The molecule has 0 bridgehead atoms. The van der Waals surface area contributed by atoms with Gasteiger partial charge in [-0.1, -0.05) is 37.3 Å². The zero-order chi connectivity index (χ0) is 13.5. The SMILES string of the molecule is CCNC(CCCc1ccccc1)c1scnc1C. The fourth-order valence-electron chi connectivity index (χ4n) is 2.37. The standard InChI is InChI=1S/C16H22N2S/c1-3-17-15(16-13(2)18-12-19-16)11-7-10-14-8-5-4-6-9-14/h4-6,8-9,12,15,17H,3,7,10-11H2,1-2H3. The highest BCUT2D eigenvalue weighted by atomic mass is 32.1. The number of nitrogens with one attached hydrogen (secondary N) is 1. The van der Waals surface area contributed by atoms with Gasteiger partial charge >= 0.3 is 0 Å². The zero-order valence-electron chi connectivity index (χ0n) is 11.7. The lowest BCUT2D eigenvalue weighted by molar-refractivity contribution is 0.502. The third kappa shape index (κ3) is 4.15. The van der Waals surface area contributed by atoms with Crippen molar-refractivity contribution in [3.05, 3.63) is 52.0 Å². The summed E-state index contributed by atoms with van der Waals surface area (Å²) < 4.78 is 0. The van der Waals surface area contributed by atoms with E-state index >= 15 is 0 Å². The van der Waals surface area contributed by atoms with Crippen molar-refractivity contribution in [3.8, 4) is 0 Å². The molecule has 0 aliphatic carbocycles. The second kappa shape index (κ2) is 7.41. The minimum atomic E-state index is 0.459. The Hall–Kier alpha value is -1.19. The maximum Gasteiger partial charge on any atom is 0.0798 e.